The van der Waals surface area contributed by atoms with Crippen molar-refractivity contribution in [3.8, 4) is 0 Å². The number of rotatable bonds is 7. The summed E-state index contributed by atoms with van der Waals surface area (Å²) in [5.74, 6) is 4.73. The van der Waals surface area contributed by atoms with E-state index >= 15 is 0 Å². The fourth-order valence-electron chi connectivity index (χ4n) is 2.04. The van der Waals surface area contributed by atoms with Gasteiger partial charge in [0.05, 0.1) is 18.8 Å². The summed E-state index contributed by atoms with van der Waals surface area (Å²) in [6.45, 7) is 3.63. The van der Waals surface area contributed by atoms with Crippen molar-refractivity contribution in [1.29, 1.82) is 0 Å². The first-order chi connectivity index (χ1) is 12.8. The molecule has 1 heterocycles. The Labute approximate surface area is 164 Å². The van der Waals surface area contributed by atoms with Crippen LogP contribution in [0.5, 0.6) is 0 Å². The van der Waals surface area contributed by atoms with E-state index in [0.717, 1.165) is 22.0 Å². The first-order valence-electron chi connectivity index (χ1n) is 7.90. The molecular formula is C16H18ClN5O4S. The number of esters is 1. The molecule has 1 amide bonds. The van der Waals surface area contributed by atoms with Crippen molar-refractivity contribution in [1.82, 2.24) is 14.9 Å². The number of anilines is 1. The SMILES string of the molecule is CCOC(=O)Cc1nnc(SCC(=O)Nc2cccc(Cl)c2C)n(N)c1=O. The van der Waals surface area contributed by atoms with Crippen molar-refractivity contribution >= 4 is 40.9 Å². The van der Waals surface area contributed by atoms with Gasteiger partial charge in [-0.15, -0.1) is 10.2 Å². The number of carbonyl (C=O) groups is 2. The van der Waals surface area contributed by atoms with E-state index in [9.17, 15) is 14.4 Å². The summed E-state index contributed by atoms with van der Waals surface area (Å²) >= 11 is 6.96. The fourth-order valence-corrected chi connectivity index (χ4v) is 2.86. The van der Waals surface area contributed by atoms with Gasteiger partial charge in [-0.3, -0.25) is 14.4 Å². The molecule has 0 aliphatic rings. The predicted octanol–water partition coefficient (Wildman–Crippen LogP) is 1.15. The normalized spacial score (nSPS) is 10.5. The number of amides is 1. The summed E-state index contributed by atoms with van der Waals surface area (Å²) in [5, 5.41) is 10.8. The summed E-state index contributed by atoms with van der Waals surface area (Å²) in [5.41, 5.74) is 0.538. The lowest BCUT2D eigenvalue weighted by atomic mass is 10.2. The van der Waals surface area contributed by atoms with Crippen LogP contribution in [0.3, 0.4) is 0 Å². The summed E-state index contributed by atoms with van der Waals surface area (Å²) in [7, 11) is 0. The van der Waals surface area contributed by atoms with E-state index in [2.05, 4.69) is 15.5 Å². The van der Waals surface area contributed by atoms with E-state index < -0.39 is 11.5 Å². The average Bonchev–Trinajstić information content (AvgIpc) is 2.62. The summed E-state index contributed by atoms with van der Waals surface area (Å²) < 4.78 is 5.52. The van der Waals surface area contributed by atoms with Gasteiger partial charge in [0.2, 0.25) is 11.1 Å². The Morgan fingerprint density at radius 3 is 2.81 bits per heavy atom. The Hall–Kier alpha value is -2.59. The third kappa shape index (κ3) is 5.44. The molecular weight excluding hydrogens is 394 g/mol. The summed E-state index contributed by atoms with van der Waals surface area (Å²) in [6, 6.07) is 5.18. The zero-order valence-corrected chi connectivity index (χ0v) is 16.3. The van der Waals surface area contributed by atoms with Crippen LogP contribution in [0, 0.1) is 6.92 Å². The van der Waals surface area contributed by atoms with Crippen LogP contribution in [-0.4, -0.2) is 39.1 Å². The molecule has 0 fully saturated rings. The van der Waals surface area contributed by atoms with Gasteiger partial charge in [-0.1, -0.05) is 29.4 Å². The number of ether oxygens (including phenoxy) is 1. The van der Waals surface area contributed by atoms with Gasteiger partial charge in [0, 0.05) is 10.7 Å². The molecule has 3 N–H and O–H groups in total. The van der Waals surface area contributed by atoms with Gasteiger partial charge >= 0.3 is 5.97 Å². The quantitative estimate of drug-likeness (QED) is 0.394. The number of hydrogen-bond donors (Lipinski definition) is 2. The van der Waals surface area contributed by atoms with E-state index in [-0.39, 0.29) is 35.5 Å². The molecule has 144 valence electrons. The second kappa shape index (κ2) is 9.38. The number of thioether (sulfide) groups is 1. The standard InChI is InChI=1S/C16H18ClN5O4S/c1-3-26-14(24)7-12-15(25)22(18)16(21-20-12)27-8-13(23)19-11-6-4-5-10(17)9(11)2/h4-6H,3,7-8,18H2,1-2H3,(H,19,23). The number of nitrogen functional groups attached to an aromatic ring is 1. The molecule has 2 rings (SSSR count). The molecule has 0 atom stereocenters. The predicted molar refractivity (Wildman–Crippen MR) is 102 cm³/mol. The minimum Gasteiger partial charge on any atom is -0.466 e. The largest absolute Gasteiger partial charge is 0.466 e. The van der Waals surface area contributed by atoms with Gasteiger partial charge in [0.25, 0.3) is 5.56 Å². The van der Waals surface area contributed by atoms with Crippen LogP contribution in [0.15, 0.2) is 28.2 Å². The topological polar surface area (TPSA) is 129 Å². The zero-order chi connectivity index (χ0) is 20.0. The van der Waals surface area contributed by atoms with Crippen molar-refractivity contribution < 1.29 is 14.3 Å². The van der Waals surface area contributed by atoms with Crippen LogP contribution in [0.2, 0.25) is 5.02 Å². The van der Waals surface area contributed by atoms with Gasteiger partial charge in [-0.25, -0.2) is 0 Å². The maximum absolute atomic E-state index is 12.1. The molecule has 0 spiro atoms. The number of aromatic nitrogens is 3. The molecule has 1 aromatic carbocycles. The number of nitrogens with two attached hydrogens (primary N) is 1. The molecule has 9 nitrogen and oxygen atoms in total. The van der Waals surface area contributed by atoms with Gasteiger partial charge in [-0.2, -0.15) is 4.68 Å². The van der Waals surface area contributed by atoms with E-state index in [1.165, 1.54) is 0 Å². The maximum Gasteiger partial charge on any atom is 0.312 e. The highest BCUT2D eigenvalue weighted by Crippen LogP contribution is 2.23. The first-order valence-corrected chi connectivity index (χ1v) is 9.26. The molecule has 11 heteroatoms. The summed E-state index contributed by atoms with van der Waals surface area (Å²) in [6.07, 6.45) is -0.323. The molecule has 0 bridgehead atoms. The summed E-state index contributed by atoms with van der Waals surface area (Å²) in [4.78, 5) is 35.7. The smallest absolute Gasteiger partial charge is 0.312 e. The van der Waals surface area contributed by atoms with Crippen LogP contribution in [0.25, 0.3) is 0 Å². The third-order valence-electron chi connectivity index (χ3n) is 3.42. The lowest BCUT2D eigenvalue weighted by molar-refractivity contribution is -0.142. The van der Waals surface area contributed by atoms with Crippen molar-refractivity contribution in [2.75, 3.05) is 23.5 Å². The average molecular weight is 412 g/mol. The van der Waals surface area contributed by atoms with E-state index in [4.69, 9.17) is 22.2 Å². The van der Waals surface area contributed by atoms with Crippen LogP contribution in [-0.2, 0) is 20.7 Å². The van der Waals surface area contributed by atoms with Gasteiger partial charge in [0.1, 0.15) is 5.69 Å². The Morgan fingerprint density at radius 2 is 2.11 bits per heavy atom. The van der Waals surface area contributed by atoms with Crippen molar-refractivity contribution in [3.05, 3.63) is 44.8 Å². The molecule has 0 aliphatic carbocycles. The van der Waals surface area contributed by atoms with Crippen molar-refractivity contribution in [2.24, 2.45) is 0 Å². The Morgan fingerprint density at radius 1 is 1.37 bits per heavy atom. The van der Waals surface area contributed by atoms with Crippen LogP contribution in [0.1, 0.15) is 18.2 Å². The van der Waals surface area contributed by atoms with Gasteiger partial charge in [0.15, 0.2) is 0 Å². The molecule has 0 saturated heterocycles. The monoisotopic (exact) mass is 411 g/mol. The second-order valence-electron chi connectivity index (χ2n) is 5.34. The van der Waals surface area contributed by atoms with Crippen molar-refractivity contribution in [2.45, 2.75) is 25.4 Å². The fraction of sp³-hybridized carbons (Fsp3) is 0.312. The molecule has 0 saturated carbocycles. The number of nitrogens with zero attached hydrogens (tertiary/aromatic N) is 3. The highest BCUT2D eigenvalue weighted by molar-refractivity contribution is 7.99. The highest BCUT2D eigenvalue weighted by Gasteiger charge is 2.16. The highest BCUT2D eigenvalue weighted by atomic mass is 35.5. The number of carbonyl (C=O) groups excluding carboxylic acids is 2. The Kier molecular flexibility index (Phi) is 7.19. The molecule has 0 radical (unpaired) electrons. The number of halogens is 1. The second-order valence-corrected chi connectivity index (χ2v) is 6.69. The first kappa shape index (κ1) is 20.7. The minimum absolute atomic E-state index is 0.0468. The van der Waals surface area contributed by atoms with E-state index in [1.807, 2.05) is 0 Å². The molecule has 1 aromatic heterocycles. The lowest BCUT2D eigenvalue weighted by Crippen LogP contribution is -2.35. The lowest BCUT2D eigenvalue weighted by Gasteiger charge is -2.10. The maximum atomic E-state index is 12.1. The van der Waals surface area contributed by atoms with E-state index in [1.54, 1.807) is 32.0 Å². The number of benzene rings is 1. The Bertz CT molecular complexity index is 918. The molecule has 27 heavy (non-hydrogen) atoms. The van der Waals surface area contributed by atoms with Gasteiger partial charge in [-0.05, 0) is 31.5 Å². The molecule has 2 aromatic rings. The molecule has 0 aliphatic heterocycles. The number of hydrogen-bond acceptors (Lipinski definition) is 8. The van der Waals surface area contributed by atoms with Gasteiger partial charge < -0.3 is 15.9 Å². The molecule has 0 unspecified atom stereocenters. The van der Waals surface area contributed by atoms with Crippen molar-refractivity contribution in [3.63, 3.8) is 0 Å². The zero-order valence-electron chi connectivity index (χ0n) is 14.7. The van der Waals surface area contributed by atoms with Crippen LogP contribution in [0.4, 0.5) is 5.69 Å². The van der Waals surface area contributed by atoms with Crippen LogP contribution < -0.4 is 16.7 Å². The third-order valence-corrected chi connectivity index (χ3v) is 4.77. The minimum atomic E-state index is -0.674. The van der Waals surface area contributed by atoms with Crippen LogP contribution >= 0.6 is 23.4 Å². The number of nitrogens with one attached hydrogen (secondary N) is 1. The van der Waals surface area contributed by atoms with E-state index in [0.29, 0.717) is 10.7 Å². The Balaban J connectivity index is 2.02.